The molecule has 1 saturated carbocycles. The molecule has 1 N–H and O–H groups in total. The minimum atomic E-state index is -0.503. The fourth-order valence-corrected chi connectivity index (χ4v) is 8.67. The van der Waals surface area contributed by atoms with Crippen molar-refractivity contribution in [3.63, 3.8) is 0 Å². The number of aryl methyl sites for hydroxylation is 1. The van der Waals surface area contributed by atoms with Crippen LogP contribution in [0, 0.1) is 18.8 Å². The van der Waals surface area contributed by atoms with Crippen LogP contribution in [0.3, 0.4) is 0 Å². The number of piperidine rings is 1. The monoisotopic (exact) mass is 661 g/mol. The highest BCUT2D eigenvalue weighted by atomic mass is 16.5. The fourth-order valence-electron chi connectivity index (χ4n) is 8.67. The van der Waals surface area contributed by atoms with Gasteiger partial charge in [0.2, 0.25) is 0 Å². The first kappa shape index (κ1) is 32.8. The number of fused-ring (bicyclic) bond motifs is 4. The number of rotatable bonds is 8. The second kappa shape index (κ2) is 13.4. The van der Waals surface area contributed by atoms with Gasteiger partial charge >= 0.3 is 0 Å². The third-order valence-corrected chi connectivity index (χ3v) is 12.1. The van der Waals surface area contributed by atoms with Crippen molar-refractivity contribution in [2.24, 2.45) is 11.8 Å². The summed E-state index contributed by atoms with van der Waals surface area (Å²) in [5.74, 6) is 1.42. The van der Waals surface area contributed by atoms with Crippen molar-refractivity contribution in [3.8, 4) is 11.3 Å². The van der Waals surface area contributed by atoms with Crippen LogP contribution in [0.5, 0.6) is 0 Å². The van der Waals surface area contributed by atoms with E-state index in [9.17, 15) is 9.90 Å². The molecule has 5 aliphatic rings. The number of carbonyl (C=O) groups excluding carboxylic acids is 1. The Hall–Kier alpha value is -3.43. The normalized spacial score (nSPS) is 24.7. The number of nitrogens with zero attached hydrogens (tertiary/aromatic N) is 5. The van der Waals surface area contributed by atoms with Gasteiger partial charge in [-0.1, -0.05) is 18.2 Å². The number of likely N-dealkylation sites (tertiary alicyclic amines) is 1. The van der Waals surface area contributed by atoms with Crippen molar-refractivity contribution in [1.82, 2.24) is 24.7 Å². The van der Waals surface area contributed by atoms with Crippen LogP contribution < -0.4 is 0 Å². The van der Waals surface area contributed by atoms with E-state index in [1.165, 1.54) is 23.1 Å². The number of carbonyl (C=O) groups is 1. The largest absolute Gasteiger partial charge is 0.390 e. The lowest BCUT2D eigenvalue weighted by atomic mass is 9.66. The number of hydrogen-bond acceptors (Lipinski definition) is 7. The Morgan fingerprint density at radius 3 is 2.57 bits per heavy atom. The quantitative estimate of drug-likeness (QED) is 0.332. The summed E-state index contributed by atoms with van der Waals surface area (Å²) < 4.78 is 5.52. The number of benzene rings is 2. The molecule has 2 aliphatic carbocycles. The number of amides is 1. The Morgan fingerprint density at radius 2 is 1.84 bits per heavy atom. The molecular formula is C41H51N5O3. The maximum absolute atomic E-state index is 13.2. The lowest BCUT2D eigenvalue weighted by Gasteiger charge is -2.39. The van der Waals surface area contributed by atoms with Crippen molar-refractivity contribution in [2.75, 3.05) is 59.5 Å². The van der Waals surface area contributed by atoms with Crippen LogP contribution in [-0.2, 0) is 17.7 Å². The van der Waals surface area contributed by atoms with Crippen LogP contribution in [0.25, 0.3) is 16.8 Å². The minimum Gasteiger partial charge on any atom is -0.390 e. The summed E-state index contributed by atoms with van der Waals surface area (Å²) in [5, 5.41) is 10.3. The van der Waals surface area contributed by atoms with Crippen LogP contribution in [-0.4, -0.2) is 101 Å². The molecule has 1 amide bonds. The minimum absolute atomic E-state index is 0.0553. The van der Waals surface area contributed by atoms with Crippen LogP contribution in [0.15, 0.2) is 48.7 Å². The molecule has 8 rings (SSSR count). The van der Waals surface area contributed by atoms with Crippen molar-refractivity contribution in [1.29, 1.82) is 0 Å². The molecule has 2 unspecified atom stereocenters. The molecule has 2 aromatic carbocycles. The van der Waals surface area contributed by atoms with Gasteiger partial charge in [-0.3, -0.25) is 14.7 Å². The molecule has 0 radical (unpaired) electrons. The topological polar surface area (TPSA) is 82.0 Å². The van der Waals surface area contributed by atoms with Gasteiger partial charge in [-0.2, -0.15) is 0 Å². The Bertz CT molecular complexity index is 1730. The van der Waals surface area contributed by atoms with Crippen molar-refractivity contribution in [2.45, 2.75) is 70.4 Å². The second-order valence-electron chi connectivity index (χ2n) is 15.7. The highest BCUT2D eigenvalue weighted by molar-refractivity contribution is 5.95. The number of hydrogen-bond donors (Lipinski definition) is 1. The molecule has 3 atom stereocenters. The predicted octanol–water partition coefficient (Wildman–Crippen LogP) is 5.70. The molecule has 0 spiro atoms. The van der Waals surface area contributed by atoms with E-state index in [1.807, 2.05) is 37.2 Å². The second-order valence-corrected chi connectivity index (χ2v) is 15.7. The van der Waals surface area contributed by atoms with Crippen LogP contribution in [0.1, 0.15) is 88.9 Å². The number of ether oxygens (including phenoxy) is 1. The van der Waals surface area contributed by atoms with Gasteiger partial charge < -0.3 is 19.6 Å². The van der Waals surface area contributed by atoms with E-state index >= 15 is 0 Å². The number of aliphatic hydroxyl groups is 1. The summed E-state index contributed by atoms with van der Waals surface area (Å²) in [6.07, 6.45) is 10.6. The van der Waals surface area contributed by atoms with Gasteiger partial charge in [0.1, 0.15) is 0 Å². The van der Waals surface area contributed by atoms with Gasteiger partial charge in [-0.25, -0.2) is 4.98 Å². The molecule has 49 heavy (non-hydrogen) atoms. The summed E-state index contributed by atoms with van der Waals surface area (Å²) >= 11 is 0. The molecule has 0 bridgehead atoms. The van der Waals surface area contributed by atoms with E-state index in [4.69, 9.17) is 14.7 Å². The average Bonchev–Trinajstić information content (AvgIpc) is 3.60. The lowest BCUT2D eigenvalue weighted by Crippen LogP contribution is -2.45. The van der Waals surface area contributed by atoms with Crippen LogP contribution in [0.4, 0.5) is 0 Å². The van der Waals surface area contributed by atoms with Gasteiger partial charge in [0, 0.05) is 88.0 Å². The predicted molar refractivity (Wildman–Crippen MR) is 192 cm³/mol. The van der Waals surface area contributed by atoms with Crippen molar-refractivity contribution >= 4 is 11.5 Å². The first-order valence-corrected chi connectivity index (χ1v) is 18.5. The zero-order chi connectivity index (χ0) is 33.7. The van der Waals surface area contributed by atoms with Gasteiger partial charge in [-0.15, -0.1) is 0 Å². The van der Waals surface area contributed by atoms with Gasteiger partial charge in [-0.05, 0) is 105 Å². The van der Waals surface area contributed by atoms with E-state index in [-0.39, 0.29) is 5.91 Å². The zero-order valence-electron chi connectivity index (χ0n) is 29.5. The maximum Gasteiger partial charge on any atom is 0.253 e. The molecule has 2 saturated heterocycles. The molecule has 1 aromatic heterocycles. The van der Waals surface area contributed by atoms with E-state index in [1.54, 1.807) is 0 Å². The van der Waals surface area contributed by atoms with Crippen molar-refractivity contribution < 1.29 is 14.6 Å². The molecule has 8 nitrogen and oxygen atoms in total. The van der Waals surface area contributed by atoms with Crippen LogP contribution in [0.2, 0.25) is 0 Å². The molecular weight excluding hydrogens is 610 g/mol. The Balaban J connectivity index is 1.01. The Kier molecular flexibility index (Phi) is 8.93. The Morgan fingerprint density at radius 1 is 1.04 bits per heavy atom. The highest BCUT2D eigenvalue weighted by Gasteiger charge is 2.39. The van der Waals surface area contributed by atoms with Crippen LogP contribution >= 0.6 is 0 Å². The average molecular weight is 662 g/mol. The Labute approximate surface area is 291 Å². The van der Waals surface area contributed by atoms with E-state index in [0.29, 0.717) is 23.3 Å². The van der Waals surface area contributed by atoms with E-state index in [0.717, 1.165) is 125 Å². The summed E-state index contributed by atoms with van der Waals surface area (Å²) in [4.78, 5) is 30.6. The molecule has 258 valence electrons. The first-order chi connectivity index (χ1) is 23.7. The van der Waals surface area contributed by atoms with E-state index < -0.39 is 5.60 Å². The molecule has 3 aromatic rings. The summed E-state index contributed by atoms with van der Waals surface area (Å²) in [7, 11) is 1.89. The fraction of sp³-hybridized carbons (Fsp3) is 0.537. The third-order valence-electron chi connectivity index (χ3n) is 12.1. The SMILES string of the molecule is Cc1cc(-c2cnc3c(n2)C(c2ccc(C(=O)N(C)C[C@@H]4CCOC4)cc2)=CC2CCC32)cc2c1CCN(CCN1CCC(C)(O)CC1)C2. The van der Waals surface area contributed by atoms with Crippen molar-refractivity contribution in [3.05, 3.63) is 87.9 Å². The number of aromatic nitrogens is 2. The van der Waals surface area contributed by atoms with Gasteiger partial charge in [0.25, 0.3) is 5.91 Å². The standard InChI is InChI=1S/C41H51N5O3/c1-27-20-32(21-33-25-46(14-10-34(27)33)18-17-45-15-12-41(2,48)13-16-45)37-23-42-38-35-9-8-31(35)22-36(39(38)43-37)29-4-6-30(7-5-29)40(47)44(3)24-28-11-19-49-26-28/h4-7,20-23,28,31,35,48H,8-19,24-26H2,1-3H3/t28-,31?,35?/m0/s1. The van der Waals surface area contributed by atoms with Gasteiger partial charge in [0.05, 0.1) is 35.5 Å². The zero-order valence-corrected chi connectivity index (χ0v) is 29.5. The third kappa shape index (κ3) is 6.73. The lowest BCUT2D eigenvalue weighted by molar-refractivity contribution is -0.00730. The summed E-state index contributed by atoms with van der Waals surface area (Å²) in [6.45, 7) is 12.6. The molecule has 8 heteroatoms. The van der Waals surface area contributed by atoms with E-state index in [2.05, 4.69) is 47.1 Å². The first-order valence-electron chi connectivity index (χ1n) is 18.5. The summed E-state index contributed by atoms with van der Waals surface area (Å²) in [6, 6.07) is 12.8. The molecule has 3 aliphatic heterocycles. The smallest absolute Gasteiger partial charge is 0.253 e. The maximum atomic E-state index is 13.2. The summed E-state index contributed by atoms with van der Waals surface area (Å²) in [5.41, 5.74) is 10.8. The highest BCUT2D eigenvalue weighted by Crippen LogP contribution is 2.50. The van der Waals surface area contributed by atoms with Gasteiger partial charge in [0.15, 0.2) is 0 Å². The molecule has 4 heterocycles. The molecule has 3 fully saturated rings. The number of allylic oxidation sites excluding steroid dienone is 1.